The lowest BCUT2D eigenvalue weighted by molar-refractivity contribution is -0.287. The normalized spacial score (nSPS) is 24.3. The largest absolute Gasteiger partial charge is 0.545 e. The van der Waals surface area contributed by atoms with Crippen molar-refractivity contribution in [1.82, 2.24) is 15.6 Å². The highest BCUT2D eigenvalue weighted by molar-refractivity contribution is 6.00. The first-order valence-corrected chi connectivity index (χ1v) is 8.18. The predicted molar refractivity (Wildman–Crippen MR) is 88.2 cm³/mol. The van der Waals surface area contributed by atoms with E-state index >= 15 is 0 Å². The van der Waals surface area contributed by atoms with Crippen LogP contribution in [0, 0.1) is 5.92 Å². The van der Waals surface area contributed by atoms with Crippen LogP contribution >= 0.6 is 0 Å². The number of pyridine rings is 1. The number of Topliss-reactive ketones (excluding diaryl/α,β-unsaturated/α-hetero) is 1. The lowest BCUT2D eigenvalue weighted by Gasteiger charge is -2.45. The average molecular weight is 408 g/mol. The van der Waals surface area contributed by atoms with E-state index in [1.165, 1.54) is 23.6 Å². The van der Waals surface area contributed by atoms with E-state index in [1.807, 2.05) is 0 Å². The van der Waals surface area contributed by atoms with Gasteiger partial charge in [-0.1, -0.05) is 24.3 Å². The molecule has 3 atom stereocenters. The minimum Gasteiger partial charge on any atom is -0.545 e. The van der Waals surface area contributed by atoms with Crippen LogP contribution in [0.1, 0.15) is 32.3 Å². The summed E-state index contributed by atoms with van der Waals surface area (Å²) in [6.07, 6.45) is -3.05. The number of hydrogen-bond acceptors (Lipinski definition) is 6. The van der Waals surface area contributed by atoms with E-state index in [0.717, 1.165) is 30.5 Å². The number of benzene rings is 1. The highest BCUT2D eigenvalue weighted by Crippen LogP contribution is 2.43. The minimum atomic E-state index is -5.39. The van der Waals surface area contributed by atoms with Crippen LogP contribution in [0.3, 0.4) is 0 Å². The highest BCUT2D eigenvalue weighted by atomic mass is 19.4. The Morgan fingerprint density at radius 2 is 1.79 bits per heavy atom. The maximum Gasteiger partial charge on any atom is 0.437 e. The molecule has 2 heterocycles. The Kier molecular flexibility index (Phi) is 5.01. The van der Waals surface area contributed by atoms with Crippen molar-refractivity contribution in [2.45, 2.75) is 17.9 Å². The molecule has 1 aromatic heterocycles. The molecular weight excluding hydrogens is 395 g/mol. The Morgan fingerprint density at radius 1 is 1.14 bits per heavy atom. The number of nitrogens with one attached hydrogen (secondary N) is 2. The molecule has 0 bridgehead atoms. The molecule has 3 rings (SSSR count). The minimum absolute atomic E-state index is 0.0187. The van der Waals surface area contributed by atoms with Crippen molar-refractivity contribution >= 4 is 17.8 Å². The summed E-state index contributed by atoms with van der Waals surface area (Å²) in [5, 5.41) is 24.9. The summed E-state index contributed by atoms with van der Waals surface area (Å²) < 4.78 is 41.2. The number of halogens is 3. The van der Waals surface area contributed by atoms with Gasteiger partial charge in [-0.2, -0.15) is 13.2 Å². The molecule has 0 spiro atoms. The summed E-state index contributed by atoms with van der Waals surface area (Å²) in [4.78, 5) is 39.4. The van der Waals surface area contributed by atoms with Gasteiger partial charge in [0.05, 0.1) is 12.0 Å². The van der Waals surface area contributed by atoms with E-state index < -0.39 is 41.6 Å². The third-order valence-electron chi connectivity index (χ3n) is 4.54. The summed E-state index contributed by atoms with van der Waals surface area (Å²) in [6, 6.07) is 3.95. The Bertz CT molecular complexity index is 949. The fourth-order valence-corrected chi connectivity index (χ4v) is 3.13. The number of carbonyl (C=O) groups is 3. The van der Waals surface area contributed by atoms with Gasteiger partial charge in [0.25, 0.3) is 0 Å². The maximum absolute atomic E-state index is 13.7. The Balaban J connectivity index is 2.14. The van der Waals surface area contributed by atoms with Gasteiger partial charge in [0.1, 0.15) is 5.92 Å². The second kappa shape index (κ2) is 7.17. The van der Waals surface area contributed by atoms with Crippen molar-refractivity contribution in [2.75, 3.05) is 0 Å². The molecule has 11 heteroatoms. The molecule has 1 aliphatic rings. The zero-order valence-electron chi connectivity index (χ0n) is 14.4. The quantitative estimate of drug-likeness (QED) is 0.633. The van der Waals surface area contributed by atoms with Crippen molar-refractivity contribution < 1.29 is 37.8 Å². The Morgan fingerprint density at radius 3 is 2.31 bits per heavy atom. The fraction of sp³-hybridized carbons (Fsp3) is 0.222. The molecular formula is C18H13F3N3O5-. The third-order valence-corrected chi connectivity index (χ3v) is 4.54. The van der Waals surface area contributed by atoms with E-state index in [1.54, 1.807) is 0 Å². The van der Waals surface area contributed by atoms with Crippen LogP contribution in [0.15, 0.2) is 48.8 Å². The standard InChI is InChI=1S/C18H14F3N3O5/c19-18(20,21)17(29)12(14(25)11-2-1-7-22-8-11)13(23-16(28)24-17)9-3-5-10(6-4-9)15(26)27/h1-8,12-13,29H,(H,26,27)(H2,23,24,28)/p-1. The first-order chi connectivity index (χ1) is 13.5. The molecule has 0 saturated carbocycles. The van der Waals surface area contributed by atoms with E-state index in [-0.39, 0.29) is 16.7 Å². The molecule has 29 heavy (non-hydrogen) atoms. The van der Waals surface area contributed by atoms with Crippen LogP contribution in [0.2, 0.25) is 0 Å². The number of aromatic carboxylic acids is 1. The number of carboxylic acid groups (broad SMARTS) is 1. The molecule has 1 aromatic carbocycles. The van der Waals surface area contributed by atoms with Crippen LogP contribution in [-0.4, -0.2) is 39.8 Å². The number of aliphatic hydroxyl groups is 1. The number of aromatic nitrogens is 1. The van der Waals surface area contributed by atoms with Crippen LogP contribution < -0.4 is 15.7 Å². The van der Waals surface area contributed by atoms with Crippen LogP contribution in [0.25, 0.3) is 0 Å². The second-order valence-electron chi connectivity index (χ2n) is 6.33. The maximum atomic E-state index is 13.7. The molecule has 0 radical (unpaired) electrons. The van der Waals surface area contributed by atoms with Gasteiger partial charge in [0, 0.05) is 18.0 Å². The SMILES string of the molecule is O=C1NC(c2ccc(C(=O)[O-])cc2)C(C(=O)c2cccnc2)C(O)(C(F)(F)F)N1. The molecule has 0 aliphatic carbocycles. The summed E-state index contributed by atoms with van der Waals surface area (Å²) in [6.45, 7) is 0. The van der Waals surface area contributed by atoms with Gasteiger partial charge < -0.3 is 25.6 Å². The predicted octanol–water partition coefficient (Wildman–Crippen LogP) is 0.549. The fourth-order valence-electron chi connectivity index (χ4n) is 3.13. The van der Waals surface area contributed by atoms with Crippen molar-refractivity contribution in [3.05, 3.63) is 65.5 Å². The van der Waals surface area contributed by atoms with Crippen molar-refractivity contribution in [3.63, 3.8) is 0 Å². The Labute approximate surface area is 161 Å². The number of carbonyl (C=O) groups excluding carboxylic acids is 3. The van der Waals surface area contributed by atoms with Gasteiger partial charge in [0.2, 0.25) is 5.72 Å². The Hall–Kier alpha value is -3.47. The van der Waals surface area contributed by atoms with Gasteiger partial charge in [-0.3, -0.25) is 9.78 Å². The van der Waals surface area contributed by atoms with Gasteiger partial charge in [-0.25, -0.2) is 4.79 Å². The number of rotatable bonds is 4. The van der Waals surface area contributed by atoms with Gasteiger partial charge >= 0.3 is 12.2 Å². The summed E-state index contributed by atoms with van der Waals surface area (Å²) >= 11 is 0. The smallest absolute Gasteiger partial charge is 0.437 e. The number of amides is 2. The molecule has 1 saturated heterocycles. The molecule has 1 fully saturated rings. The monoisotopic (exact) mass is 408 g/mol. The number of carboxylic acids is 1. The number of urea groups is 1. The molecule has 2 amide bonds. The topological polar surface area (TPSA) is 131 Å². The molecule has 2 aromatic rings. The molecule has 8 nitrogen and oxygen atoms in total. The van der Waals surface area contributed by atoms with E-state index in [2.05, 4.69) is 10.3 Å². The second-order valence-corrected chi connectivity index (χ2v) is 6.33. The lowest BCUT2D eigenvalue weighted by atomic mass is 9.77. The van der Waals surface area contributed by atoms with E-state index in [4.69, 9.17) is 0 Å². The number of hydrogen-bond donors (Lipinski definition) is 3. The summed E-state index contributed by atoms with van der Waals surface area (Å²) in [5.74, 6) is -4.86. The van der Waals surface area contributed by atoms with Crippen molar-refractivity contribution in [2.24, 2.45) is 5.92 Å². The van der Waals surface area contributed by atoms with Gasteiger partial charge in [0.15, 0.2) is 5.78 Å². The van der Waals surface area contributed by atoms with Crippen LogP contribution in [-0.2, 0) is 0 Å². The average Bonchev–Trinajstić information content (AvgIpc) is 2.67. The summed E-state index contributed by atoms with van der Waals surface area (Å²) in [5.41, 5.74) is -4.36. The van der Waals surface area contributed by atoms with Crippen LogP contribution in [0.4, 0.5) is 18.0 Å². The lowest BCUT2D eigenvalue weighted by Crippen LogP contribution is -2.72. The number of alkyl halides is 3. The van der Waals surface area contributed by atoms with Gasteiger partial charge in [-0.15, -0.1) is 0 Å². The van der Waals surface area contributed by atoms with E-state index in [9.17, 15) is 37.8 Å². The molecule has 3 N–H and O–H groups in total. The molecule has 3 unspecified atom stereocenters. The highest BCUT2D eigenvalue weighted by Gasteiger charge is 2.66. The van der Waals surface area contributed by atoms with E-state index in [0.29, 0.717) is 0 Å². The van der Waals surface area contributed by atoms with Crippen molar-refractivity contribution in [1.29, 1.82) is 0 Å². The number of ketones is 1. The zero-order valence-corrected chi connectivity index (χ0v) is 14.4. The molecule has 152 valence electrons. The van der Waals surface area contributed by atoms with Crippen LogP contribution in [0.5, 0.6) is 0 Å². The van der Waals surface area contributed by atoms with Crippen molar-refractivity contribution in [3.8, 4) is 0 Å². The first-order valence-electron chi connectivity index (χ1n) is 8.18. The zero-order chi connectivity index (χ0) is 21.4. The third kappa shape index (κ3) is 3.63. The number of nitrogens with zero attached hydrogens (tertiary/aromatic N) is 1. The molecule has 1 aliphatic heterocycles. The first kappa shape index (κ1) is 20.3. The van der Waals surface area contributed by atoms with Gasteiger partial charge in [-0.05, 0) is 23.3 Å². The summed E-state index contributed by atoms with van der Waals surface area (Å²) in [7, 11) is 0.